The second-order valence-electron chi connectivity index (χ2n) is 4.42. The van der Waals surface area contributed by atoms with Crippen LogP contribution < -0.4 is 0 Å². The number of hydrogen-bond acceptors (Lipinski definition) is 4. The Bertz CT molecular complexity index is 677. The van der Waals surface area contributed by atoms with Gasteiger partial charge in [-0.3, -0.25) is 4.79 Å². The van der Waals surface area contributed by atoms with E-state index in [1.807, 2.05) is 24.3 Å². The highest BCUT2D eigenvalue weighted by molar-refractivity contribution is 6.29. The summed E-state index contributed by atoms with van der Waals surface area (Å²) >= 11 is 0. The Morgan fingerprint density at radius 1 is 0.950 bits per heavy atom. The maximum atomic E-state index is 12.5. The maximum Gasteiger partial charge on any atom is 0.351 e. The minimum absolute atomic E-state index is 0.296. The molecule has 3 rings (SSSR count). The van der Waals surface area contributed by atoms with Gasteiger partial charge < -0.3 is 4.84 Å². The van der Waals surface area contributed by atoms with Gasteiger partial charge in [0, 0.05) is 11.1 Å². The summed E-state index contributed by atoms with van der Waals surface area (Å²) in [6.07, 6.45) is 0. The van der Waals surface area contributed by atoms with Gasteiger partial charge in [-0.05, 0) is 0 Å². The lowest BCUT2D eigenvalue weighted by Crippen LogP contribution is -2.28. The first kappa shape index (κ1) is 12.3. The first-order chi connectivity index (χ1) is 9.77. The van der Waals surface area contributed by atoms with Crippen LogP contribution in [0, 0.1) is 5.92 Å². The number of ketones is 1. The lowest BCUT2D eigenvalue weighted by Gasteiger charge is -2.08. The van der Waals surface area contributed by atoms with Crippen molar-refractivity contribution in [1.29, 1.82) is 0 Å². The van der Waals surface area contributed by atoms with Crippen molar-refractivity contribution in [2.24, 2.45) is 11.1 Å². The highest BCUT2D eigenvalue weighted by Crippen LogP contribution is 2.22. The quantitative estimate of drug-likeness (QED) is 0.486. The zero-order valence-electron chi connectivity index (χ0n) is 10.5. The summed E-state index contributed by atoms with van der Waals surface area (Å²) in [5.41, 5.74) is 1.55. The van der Waals surface area contributed by atoms with Crippen LogP contribution in [0.1, 0.15) is 15.9 Å². The highest BCUT2D eigenvalue weighted by Gasteiger charge is 2.39. The summed E-state index contributed by atoms with van der Waals surface area (Å²) in [7, 11) is 0. The molecule has 0 unspecified atom stereocenters. The summed E-state index contributed by atoms with van der Waals surface area (Å²) < 4.78 is 0. The Hall–Kier alpha value is -2.75. The molecular formula is C16H11NO3. The van der Waals surface area contributed by atoms with Crippen LogP contribution in [0.5, 0.6) is 0 Å². The molecule has 0 spiro atoms. The van der Waals surface area contributed by atoms with Gasteiger partial charge in [-0.1, -0.05) is 65.8 Å². The van der Waals surface area contributed by atoms with Crippen LogP contribution in [0.2, 0.25) is 0 Å². The number of carbonyl (C=O) groups is 2. The predicted octanol–water partition coefficient (Wildman–Crippen LogP) is 2.45. The third-order valence-electron chi connectivity index (χ3n) is 3.13. The molecule has 2 aromatic rings. The molecule has 98 valence electrons. The number of Topliss-reactive ketones (excluding diaryl/α,β-unsaturated/α-hetero) is 1. The predicted molar refractivity (Wildman–Crippen MR) is 73.3 cm³/mol. The van der Waals surface area contributed by atoms with Crippen LogP contribution in [-0.2, 0) is 9.63 Å². The van der Waals surface area contributed by atoms with E-state index < -0.39 is 11.9 Å². The Labute approximate surface area is 115 Å². The molecular weight excluding hydrogens is 254 g/mol. The van der Waals surface area contributed by atoms with Crippen molar-refractivity contribution >= 4 is 17.5 Å². The third kappa shape index (κ3) is 2.12. The van der Waals surface area contributed by atoms with E-state index in [1.54, 1.807) is 36.4 Å². The molecule has 0 N–H and O–H groups in total. The molecule has 0 aromatic heterocycles. The average Bonchev–Trinajstić information content (AvgIpc) is 2.90. The minimum Gasteiger partial charge on any atom is -0.317 e. The standard InChI is InChI=1S/C16H11NO3/c18-15(12-9-5-2-6-10-12)13-14(17-20-16(13)19)11-7-3-1-4-8-11/h1-10,13H/t13-/m1/s1. The van der Waals surface area contributed by atoms with Crippen LogP contribution in [0.4, 0.5) is 0 Å². The molecule has 20 heavy (non-hydrogen) atoms. The third-order valence-corrected chi connectivity index (χ3v) is 3.13. The van der Waals surface area contributed by atoms with Crippen molar-refractivity contribution in [1.82, 2.24) is 0 Å². The molecule has 0 fully saturated rings. The number of benzene rings is 2. The molecule has 1 aliphatic rings. The summed E-state index contributed by atoms with van der Waals surface area (Å²) in [6.45, 7) is 0. The van der Waals surface area contributed by atoms with E-state index in [0.717, 1.165) is 0 Å². The van der Waals surface area contributed by atoms with Crippen LogP contribution in [0.3, 0.4) is 0 Å². The van der Waals surface area contributed by atoms with Crippen LogP contribution >= 0.6 is 0 Å². The molecule has 1 aliphatic heterocycles. The van der Waals surface area contributed by atoms with E-state index in [-0.39, 0.29) is 5.78 Å². The van der Waals surface area contributed by atoms with Crippen molar-refractivity contribution in [2.75, 3.05) is 0 Å². The molecule has 2 aromatic carbocycles. The Kier molecular flexibility index (Phi) is 3.13. The molecule has 1 atom stereocenters. The fourth-order valence-electron chi connectivity index (χ4n) is 2.14. The molecule has 0 aliphatic carbocycles. The summed E-state index contributed by atoms with van der Waals surface area (Å²) in [5.74, 6) is -1.91. The zero-order chi connectivity index (χ0) is 13.9. The van der Waals surface area contributed by atoms with Crippen molar-refractivity contribution < 1.29 is 14.4 Å². The normalized spacial score (nSPS) is 17.5. The lowest BCUT2D eigenvalue weighted by atomic mass is 9.90. The number of carbonyl (C=O) groups excluding carboxylic acids is 2. The fraction of sp³-hybridized carbons (Fsp3) is 0.0625. The molecule has 0 saturated heterocycles. The van der Waals surface area contributed by atoms with Gasteiger partial charge in [0.05, 0.1) is 0 Å². The van der Waals surface area contributed by atoms with Gasteiger partial charge in [0.2, 0.25) is 0 Å². The lowest BCUT2D eigenvalue weighted by molar-refractivity contribution is -0.142. The molecule has 0 bridgehead atoms. The van der Waals surface area contributed by atoms with Gasteiger partial charge >= 0.3 is 5.97 Å². The molecule has 0 saturated carbocycles. The molecule has 0 radical (unpaired) electrons. The first-order valence-electron chi connectivity index (χ1n) is 6.21. The van der Waals surface area contributed by atoms with E-state index in [2.05, 4.69) is 5.16 Å². The summed E-state index contributed by atoms with van der Waals surface area (Å²) in [4.78, 5) is 29.0. The van der Waals surface area contributed by atoms with E-state index >= 15 is 0 Å². The Morgan fingerprint density at radius 2 is 1.55 bits per heavy atom. The summed E-state index contributed by atoms with van der Waals surface area (Å²) in [5, 5.41) is 3.76. The molecule has 0 amide bonds. The van der Waals surface area contributed by atoms with Crippen LogP contribution in [-0.4, -0.2) is 17.5 Å². The van der Waals surface area contributed by atoms with Crippen molar-refractivity contribution in [3.8, 4) is 0 Å². The topological polar surface area (TPSA) is 55.7 Å². The highest BCUT2D eigenvalue weighted by atomic mass is 16.7. The average molecular weight is 265 g/mol. The fourth-order valence-corrected chi connectivity index (χ4v) is 2.14. The number of rotatable bonds is 3. The second kappa shape index (κ2) is 5.09. The van der Waals surface area contributed by atoms with Crippen molar-refractivity contribution in [3.05, 3.63) is 71.8 Å². The van der Waals surface area contributed by atoms with E-state index in [1.165, 1.54) is 0 Å². The van der Waals surface area contributed by atoms with E-state index in [9.17, 15) is 9.59 Å². The van der Waals surface area contributed by atoms with Crippen LogP contribution in [0.15, 0.2) is 65.8 Å². The van der Waals surface area contributed by atoms with Gasteiger partial charge in [0.1, 0.15) is 5.71 Å². The largest absolute Gasteiger partial charge is 0.351 e. The van der Waals surface area contributed by atoms with Gasteiger partial charge in [-0.2, -0.15) is 0 Å². The van der Waals surface area contributed by atoms with Crippen LogP contribution in [0.25, 0.3) is 0 Å². The summed E-state index contributed by atoms with van der Waals surface area (Å²) in [6, 6.07) is 17.8. The minimum atomic E-state index is -0.986. The Morgan fingerprint density at radius 3 is 2.20 bits per heavy atom. The SMILES string of the molecule is O=C1ON=C(c2ccccc2)[C@@H]1C(=O)c1ccccc1. The number of nitrogens with zero attached hydrogens (tertiary/aromatic N) is 1. The molecule has 4 heteroatoms. The van der Waals surface area contributed by atoms with Crippen molar-refractivity contribution in [2.45, 2.75) is 0 Å². The smallest absolute Gasteiger partial charge is 0.317 e. The van der Waals surface area contributed by atoms with Gasteiger partial charge in [-0.25, -0.2) is 4.79 Å². The molecule has 4 nitrogen and oxygen atoms in total. The zero-order valence-corrected chi connectivity index (χ0v) is 10.5. The second-order valence-corrected chi connectivity index (χ2v) is 4.42. The van der Waals surface area contributed by atoms with Gasteiger partial charge in [0.15, 0.2) is 11.7 Å². The van der Waals surface area contributed by atoms with E-state index in [0.29, 0.717) is 16.8 Å². The van der Waals surface area contributed by atoms with E-state index in [4.69, 9.17) is 4.84 Å². The van der Waals surface area contributed by atoms with Gasteiger partial charge in [0.25, 0.3) is 0 Å². The van der Waals surface area contributed by atoms with Gasteiger partial charge in [-0.15, -0.1) is 0 Å². The monoisotopic (exact) mass is 265 g/mol. The molecule has 1 heterocycles. The maximum absolute atomic E-state index is 12.5. The van der Waals surface area contributed by atoms with Crippen molar-refractivity contribution in [3.63, 3.8) is 0 Å². The Balaban J connectivity index is 1.97. The number of oxime groups is 1. The number of hydrogen-bond donors (Lipinski definition) is 0. The first-order valence-corrected chi connectivity index (χ1v) is 6.21.